The van der Waals surface area contributed by atoms with Crippen LogP contribution in [-0.4, -0.2) is 24.1 Å². The first-order chi connectivity index (χ1) is 9.60. The quantitative estimate of drug-likeness (QED) is 0.399. The maximum absolute atomic E-state index is 13.9. The second-order valence-corrected chi connectivity index (χ2v) is 4.39. The molecule has 1 atom stereocenters. The third-order valence-electron chi connectivity index (χ3n) is 3.27. The highest BCUT2D eigenvalue weighted by atomic mass is 19.2. The van der Waals surface area contributed by atoms with Crippen molar-refractivity contribution in [2.75, 3.05) is 13.2 Å². The number of hydrogen-bond acceptors (Lipinski definition) is 2. The average molecular weight is 282 g/mol. The zero-order valence-corrected chi connectivity index (χ0v) is 10.6. The molecule has 0 heterocycles. The zero-order chi connectivity index (χ0) is 14.7. The fourth-order valence-electron chi connectivity index (χ4n) is 2.39. The summed E-state index contributed by atoms with van der Waals surface area (Å²) >= 11 is 0. The topological polar surface area (TPSA) is 65.4 Å². The Morgan fingerprint density at radius 2 is 2.25 bits per heavy atom. The highest BCUT2D eigenvalue weighted by Crippen LogP contribution is 2.37. The van der Waals surface area contributed by atoms with Crippen LogP contribution in [0.5, 0.6) is 0 Å². The molecule has 0 saturated heterocycles. The molecule has 1 aromatic carbocycles. The Kier molecular flexibility index (Phi) is 4.13. The second-order valence-electron chi connectivity index (χ2n) is 4.39. The summed E-state index contributed by atoms with van der Waals surface area (Å²) < 4.78 is 39.3. The number of fused-ring (bicyclic) bond motifs is 1. The SMILES string of the molecule is N#CN(C(N)=NCCF)C1CCc2ccc(F)c(F)c21. The van der Waals surface area contributed by atoms with E-state index in [9.17, 15) is 13.2 Å². The van der Waals surface area contributed by atoms with Crippen LogP contribution in [0.25, 0.3) is 0 Å². The summed E-state index contributed by atoms with van der Waals surface area (Å²) in [5, 5.41) is 9.15. The van der Waals surface area contributed by atoms with E-state index in [-0.39, 0.29) is 18.1 Å². The summed E-state index contributed by atoms with van der Waals surface area (Å²) in [5.74, 6) is -2.12. The van der Waals surface area contributed by atoms with E-state index in [1.54, 1.807) is 6.19 Å². The van der Waals surface area contributed by atoms with Crippen LogP contribution in [0.4, 0.5) is 13.2 Å². The van der Waals surface area contributed by atoms with Gasteiger partial charge in [-0.15, -0.1) is 0 Å². The molecule has 4 nitrogen and oxygen atoms in total. The third-order valence-corrected chi connectivity index (χ3v) is 3.27. The predicted molar refractivity (Wildman–Crippen MR) is 67.3 cm³/mol. The largest absolute Gasteiger partial charge is 0.369 e. The molecule has 2 rings (SSSR count). The fourth-order valence-corrected chi connectivity index (χ4v) is 2.39. The molecular weight excluding hydrogens is 269 g/mol. The minimum Gasteiger partial charge on any atom is -0.369 e. The van der Waals surface area contributed by atoms with Crippen LogP contribution >= 0.6 is 0 Å². The number of aryl methyl sites for hydroxylation is 1. The molecule has 7 heteroatoms. The molecule has 1 aliphatic rings. The standard InChI is InChI=1S/C13H13F3N4/c14-5-6-19-13(18)20(7-17)10-4-2-8-1-3-9(15)12(16)11(8)10/h1,3,10H,2,4-6H2,(H2,18,19). The minimum absolute atomic E-state index is 0.130. The van der Waals surface area contributed by atoms with Crippen molar-refractivity contribution in [2.24, 2.45) is 10.7 Å². The first-order valence-electron chi connectivity index (χ1n) is 6.11. The van der Waals surface area contributed by atoms with E-state index in [2.05, 4.69) is 4.99 Å². The van der Waals surface area contributed by atoms with Gasteiger partial charge in [0.05, 0.1) is 12.6 Å². The number of nitrogens with two attached hydrogens (primary N) is 1. The highest BCUT2D eigenvalue weighted by Gasteiger charge is 2.33. The molecule has 2 N–H and O–H groups in total. The van der Waals surface area contributed by atoms with Crippen LogP contribution in [0.3, 0.4) is 0 Å². The van der Waals surface area contributed by atoms with E-state index < -0.39 is 24.4 Å². The van der Waals surface area contributed by atoms with Crippen molar-refractivity contribution in [3.8, 4) is 6.19 Å². The molecule has 0 fully saturated rings. The van der Waals surface area contributed by atoms with Gasteiger partial charge in [0.15, 0.2) is 17.8 Å². The van der Waals surface area contributed by atoms with Gasteiger partial charge in [-0.1, -0.05) is 6.07 Å². The van der Waals surface area contributed by atoms with E-state index in [0.717, 1.165) is 11.0 Å². The van der Waals surface area contributed by atoms with Gasteiger partial charge < -0.3 is 5.73 Å². The Bertz CT molecular complexity index is 580. The molecule has 0 aromatic heterocycles. The summed E-state index contributed by atoms with van der Waals surface area (Å²) in [5.41, 5.74) is 6.39. The number of halogens is 3. The molecule has 0 bridgehead atoms. The monoisotopic (exact) mass is 282 g/mol. The number of nitrogens with zero attached hydrogens (tertiary/aromatic N) is 3. The Balaban J connectivity index is 2.37. The Hall–Kier alpha value is -2.23. The van der Waals surface area contributed by atoms with Crippen LogP contribution in [-0.2, 0) is 6.42 Å². The molecule has 0 aliphatic heterocycles. The van der Waals surface area contributed by atoms with Crippen molar-refractivity contribution in [1.29, 1.82) is 5.26 Å². The maximum atomic E-state index is 13.9. The Morgan fingerprint density at radius 1 is 1.50 bits per heavy atom. The number of rotatable bonds is 3. The number of benzene rings is 1. The molecule has 20 heavy (non-hydrogen) atoms. The molecular formula is C13H13F3N4. The number of alkyl halides is 1. The van der Waals surface area contributed by atoms with E-state index in [1.165, 1.54) is 6.07 Å². The van der Waals surface area contributed by atoms with Crippen LogP contribution < -0.4 is 5.73 Å². The van der Waals surface area contributed by atoms with Crippen molar-refractivity contribution >= 4 is 5.96 Å². The van der Waals surface area contributed by atoms with Gasteiger partial charge in [0.1, 0.15) is 6.67 Å². The van der Waals surface area contributed by atoms with Crippen LogP contribution in [0.15, 0.2) is 17.1 Å². The summed E-state index contributed by atoms with van der Waals surface area (Å²) in [6.07, 6.45) is 2.75. The maximum Gasteiger partial charge on any atom is 0.205 e. The number of nitriles is 1. The molecule has 1 aromatic rings. The molecule has 106 valence electrons. The minimum atomic E-state index is -0.969. The lowest BCUT2D eigenvalue weighted by Gasteiger charge is -2.23. The summed E-state index contributed by atoms with van der Waals surface area (Å²) in [4.78, 5) is 4.69. The van der Waals surface area contributed by atoms with E-state index in [0.29, 0.717) is 18.4 Å². The van der Waals surface area contributed by atoms with Crippen molar-refractivity contribution in [3.63, 3.8) is 0 Å². The summed E-state index contributed by atoms with van der Waals surface area (Å²) in [6, 6.07) is 1.86. The van der Waals surface area contributed by atoms with Crippen molar-refractivity contribution in [1.82, 2.24) is 4.90 Å². The van der Waals surface area contributed by atoms with Crippen LogP contribution in [0, 0.1) is 23.1 Å². The van der Waals surface area contributed by atoms with Crippen molar-refractivity contribution < 1.29 is 13.2 Å². The Labute approximate surface area is 114 Å². The smallest absolute Gasteiger partial charge is 0.205 e. The third kappa shape index (κ3) is 2.41. The van der Waals surface area contributed by atoms with E-state index >= 15 is 0 Å². The summed E-state index contributed by atoms with van der Waals surface area (Å²) in [7, 11) is 0. The Morgan fingerprint density at radius 3 is 2.90 bits per heavy atom. The first-order valence-corrected chi connectivity index (χ1v) is 6.11. The molecule has 0 amide bonds. The number of guanidine groups is 1. The van der Waals surface area contributed by atoms with Crippen LogP contribution in [0.1, 0.15) is 23.6 Å². The predicted octanol–water partition coefficient (Wildman–Crippen LogP) is 2.02. The lowest BCUT2D eigenvalue weighted by molar-refractivity contribution is 0.395. The van der Waals surface area contributed by atoms with Gasteiger partial charge >= 0.3 is 0 Å². The van der Waals surface area contributed by atoms with E-state index in [1.807, 2.05) is 0 Å². The lowest BCUT2D eigenvalue weighted by Crippen LogP contribution is -2.36. The highest BCUT2D eigenvalue weighted by molar-refractivity contribution is 5.80. The second kappa shape index (κ2) is 5.82. The van der Waals surface area contributed by atoms with Gasteiger partial charge in [-0.25, -0.2) is 23.1 Å². The number of aliphatic imine (C=N–C) groups is 1. The average Bonchev–Trinajstić information content (AvgIpc) is 2.86. The van der Waals surface area contributed by atoms with Gasteiger partial charge in [0.2, 0.25) is 5.96 Å². The fraction of sp³-hybridized carbons (Fsp3) is 0.385. The van der Waals surface area contributed by atoms with Gasteiger partial charge in [-0.05, 0) is 24.5 Å². The van der Waals surface area contributed by atoms with Gasteiger partial charge in [0, 0.05) is 5.56 Å². The molecule has 0 spiro atoms. The first kappa shape index (κ1) is 14.2. The van der Waals surface area contributed by atoms with Gasteiger partial charge in [0.25, 0.3) is 0 Å². The summed E-state index contributed by atoms with van der Waals surface area (Å²) in [6.45, 7) is -0.876. The van der Waals surface area contributed by atoms with Crippen LogP contribution in [0.2, 0.25) is 0 Å². The molecule has 1 aliphatic carbocycles. The van der Waals surface area contributed by atoms with Gasteiger partial charge in [-0.2, -0.15) is 5.26 Å². The molecule has 0 saturated carbocycles. The van der Waals surface area contributed by atoms with Gasteiger partial charge in [-0.3, -0.25) is 0 Å². The van der Waals surface area contributed by atoms with Crippen molar-refractivity contribution in [2.45, 2.75) is 18.9 Å². The molecule has 1 unspecified atom stereocenters. The van der Waals surface area contributed by atoms with E-state index in [4.69, 9.17) is 11.0 Å². The molecule has 0 radical (unpaired) electrons. The zero-order valence-electron chi connectivity index (χ0n) is 10.6. The normalized spacial score (nSPS) is 17.7. The lowest BCUT2D eigenvalue weighted by atomic mass is 10.1. The van der Waals surface area contributed by atoms with Crippen molar-refractivity contribution in [3.05, 3.63) is 34.9 Å². The number of hydrogen-bond donors (Lipinski definition) is 1.